The number of ether oxygens (including phenoxy) is 3. The Morgan fingerprint density at radius 3 is 3.04 bits per heavy atom. The van der Waals surface area contributed by atoms with Crippen molar-refractivity contribution in [2.24, 2.45) is 0 Å². The number of nitrogens with zero attached hydrogens (tertiary/aromatic N) is 3. The SMILES string of the molecule is O=C1NC2CCN(C3COC3)CC2N1c1nc2c3c(ccc2s1)OCO3. The van der Waals surface area contributed by atoms with Crippen LogP contribution >= 0.6 is 11.3 Å². The molecule has 1 N–H and O–H groups in total. The molecule has 3 saturated heterocycles. The monoisotopic (exact) mass is 374 g/mol. The van der Waals surface area contributed by atoms with Crippen LogP contribution in [0.15, 0.2) is 12.1 Å². The summed E-state index contributed by atoms with van der Waals surface area (Å²) in [6, 6.07) is 4.59. The van der Waals surface area contributed by atoms with Crippen molar-refractivity contribution in [1.29, 1.82) is 0 Å². The van der Waals surface area contributed by atoms with E-state index in [1.807, 2.05) is 17.0 Å². The molecule has 1 aromatic carbocycles. The first kappa shape index (κ1) is 15.0. The van der Waals surface area contributed by atoms with Crippen LogP contribution in [0.4, 0.5) is 9.93 Å². The molecule has 5 heterocycles. The fourth-order valence-electron chi connectivity index (χ4n) is 4.21. The number of urea groups is 1. The summed E-state index contributed by atoms with van der Waals surface area (Å²) in [5.74, 6) is 1.39. The summed E-state index contributed by atoms with van der Waals surface area (Å²) in [5.41, 5.74) is 0.774. The molecular weight excluding hydrogens is 356 g/mol. The number of nitrogens with one attached hydrogen (secondary N) is 1. The van der Waals surface area contributed by atoms with Gasteiger partial charge < -0.3 is 19.5 Å². The maximum absolute atomic E-state index is 12.7. The number of likely N-dealkylation sites (tertiary alicyclic amines) is 1. The summed E-state index contributed by atoms with van der Waals surface area (Å²) in [4.78, 5) is 21.7. The van der Waals surface area contributed by atoms with Gasteiger partial charge in [0, 0.05) is 13.1 Å². The van der Waals surface area contributed by atoms with Crippen LogP contribution in [0.1, 0.15) is 6.42 Å². The molecule has 2 aromatic rings. The molecule has 6 rings (SSSR count). The van der Waals surface area contributed by atoms with Gasteiger partial charge in [-0.3, -0.25) is 9.80 Å². The van der Waals surface area contributed by atoms with Gasteiger partial charge in [0.05, 0.1) is 36.0 Å². The molecule has 26 heavy (non-hydrogen) atoms. The molecule has 2 atom stereocenters. The van der Waals surface area contributed by atoms with E-state index in [1.165, 1.54) is 11.3 Å². The van der Waals surface area contributed by atoms with Gasteiger partial charge in [-0.05, 0) is 18.6 Å². The first-order valence-corrected chi connectivity index (χ1v) is 9.70. The predicted molar refractivity (Wildman–Crippen MR) is 95.1 cm³/mol. The molecule has 4 aliphatic heterocycles. The second-order valence-corrected chi connectivity index (χ2v) is 8.12. The number of carbonyl (C=O) groups excluding carboxylic acids is 1. The van der Waals surface area contributed by atoms with Crippen molar-refractivity contribution in [3.05, 3.63) is 12.1 Å². The van der Waals surface area contributed by atoms with Crippen molar-refractivity contribution in [1.82, 2.24) is 15.2 Å². The summed E-state index contributed by atoms with van der Waals surface area (Å²) >= 11 is 1.52. The van der Waals surface area contributed by atoms with Gasteiger partial charge in [-0.1, -0.05) is 11.3 Å². The van der Waals surface area contributed by atoms with E-state index in [0.29, 0.717) is 17.5 Å². The molecule has 2 unspecified atom stereocenters. The molecule has 3 fully saturated rings. The largest absolute Gasteiger partial charge is 0.454 e. The molecule has 0 saturated carbocycles. The van der Waals surface area contributed by atoms with Crippen molar-refractivity contribution in [3.63, 3.8) is 0 Å². The molecule has 0 bridgehead atoms. The standard InChI is InChI=1S/C17H18N4O4S/c22-16-18-10-3-4-20(9-6-23-7-9)5-11(10)21(16)17-19-14-13(26-17)2-1-12-15(14)25-8-24-12/h1-2,9-11H,3-8H2,(H,18,22). The average molecular weight is 374 g/mol. The minimum atomic E-state index is -0.0559. The van der Waals surface area contributed by atoms with E-state index in [4.69, 9.17) is 19.2 Å². The lowest BCUT2D eigenvalue weighted by molar-refractivity contribution is -0.0727. The Hall–Kier alpha value is -2.10. The molecule has 0 aliphatic carbocycles. The van der Waals surface area contributed by atoms with E-state index >= 15 is 0 Å². The zero-order chi connectivity index (χ0) is 17.3. The van der Waals surface area contributed by atoms with Crippen LogP contribution in [0.5, 0.6) is 11.5 Å². The third kappa shape index (κ3) is 2.07. The number of piperidine rings is 1. The molecule has 2 amide bonds. The Balaban J connectivity index is 1.36. The van der Waals surface area contributed by atoms with Crippen LogP contribution in [0, 0.1) is 0 Å². The fraction of sp³-hybridized carbons (Fsp3) is 0.529. The van der Waals surface area contributed by atoms with Crippen LogP contribution in [0.2, 0.25) is 0 Å². The highest BCUT2D eigenvalue weighted by molar-refractivity contribution is 7.22. The Morgan fingerprint density at radius 2 is 2.19 bits per heavy atom. The van der Waals surface area contributed by atoms with Crippen molar-refractivity contribution in [3.8, 4) is 11.5 Å². The van der Waals surface area contributed by atoms with Gasteiger partial charge in [0.1, 0.15) is 5.52 Å². The van der Waals surface area contributed by atoms with Gasteiger partial charge >= 0.3 is 6.03 Å². The number of rotatable bonds is 2. The minimum absolute atomic E-state index is 0.0559. The van der Waals surface area contributed by atoms with Crippen LogP contribution in [-0.4, -0.2) is 67.1 Å². The number of thiazole rings is 1. The average Bonchev–Trinajstić information content (AvgIpc) is 3.26. The van der Waals surface area contributed by atoms with Crippen molar-refractivity contribution >= 4 is 32.7 Å². The quantitative estimate of drug-likeness (QED) is 0.856. The van der Waals surface area contributed by atoms with Gasteiger partial charge in [0.15, 0.2) is 16.6 Å². The first-order chi connectivity index (χ1) is 12.8. The third-order valence-electron chi connectivity index (χ3n) is 5.70. The zero-order valence-corrected chi connectivity index (χ0v) is 14.8. The van der Waals surface area contributed by atoms with Gasteiger partial charge in [0.2, 0.25) is 6.79 Å². The summed E-state index contributed by atoms with van der Waals surface area (Å²) < 4.78 is 17.4. The van der Waals surface area contributed by atoms with Gasteiger partial charge in [-0.2, -0.15) is 0 Å². The number of amides is 2. The maximum Gasteiger partial charge on any atom is 0.324 e. The van der Waals surface area contributed by atoms with Gasteiger partial charge in [0.25, 0.3) is 0 Å². The number of benzene rings is 1. The number of fused-ring (bicyclic) bond motifs is 4. The highest BCUT2D eigenvalue weighted by Gasteiger charge is 2.46. The molecule has 8 nitrogen and oxygen atoms in total. The highest BCUT2D eigenvalue weighted by Crippen LogP contribution is 2.43. The van der Waals surface area contributed by atoms with Gasteiger partial charge in [-0.25, -0.2) is 9.78 Å². The Morgan fingerprint density at radius 1 is 1.27 bits per heavy atom. The molecule has 0 spiro atoms. The molecule has 9 heteroatoms. The predicted octanol–water partition coefficient (Wildman–Crippen LogP) is 1.40. The minimum Gasteiger partial charge on any atom is -0.454 e. The lowest BCUT2D eigenvalue weighted by Gasteiger charge is -2.43. The van der Waals surface area contributed by atoms with Crippen LogP contribution in [-0.2, 0) is 4.74 Å². The molecular formula is C17H18N4O4S. The van der Waals surface area contributed by atoms with Crippen LogP contribution < -0.4 is 19.7 Å². The molecule has 0 radical (unpaired) electrons. The summed E-state index contributed by atoms with van der Waals surface area (Å²) in [5, 5.41) is 3.86. The Bertz CT molecular complexity index is 898. The number of aromatic nitrogens is 1. The fourth-order valence-corrected chi connectivity index (χ4v) is 5.23. The van der Waals surface area contributed by atoms with E-state index in [1.54, 1.807) is 0 Å². The first-order valence-electron chi connectivity index (χ1n) is 8.88. The van der Waals surface area contributed by atoms with Crippen molar-refractivity contribution in [2.45, 2.75) is 24.5 Å². The third-order valence-corrected chi connectivity index (χ3v) is 6.72. The second kappa shape index (κ2) is 5.45. The highest BCUT2D eigenvalue weighted by atomic mass is 32.1. The molecule has 4 aliphatic rings. The lowest BCUT2D eigenvalue weighted by atomic mass is 9.98. The molecule has 136 valence electrons. The summed E-state index contributed by atoms with van der Waals surface area (Å²) in [6.45, 7) is 3.66. The lowest BCUT2D eigenvalue weighted by Crippen LogP contribution is -2.59. The van der Waals surface area contributed by atoms with Crippen molar-refractivity contribution < 1.29 is 19.0 Å². The summed E-state index contributed by atoms with van der Waals surface area (Å²) in [7, 11) is 0. The summed E-state index contributed by atoms with van der Waals surface area (Å²) in [6.07, 6.45) is 0.959. The second-order valence-electron chi connectivity index (χ2n) is 7.11. The Labute approximate surface area is 153 Å². The van der Waals surface area contributed by atoms with Crippen molar-refractivity contribution in [2.75, 3.05) is 38.0 Å². The van der Waals surface area contributed by atoms with E-state index in [9.17, 15) is 4.79 Å². The molecule has 1 aromatic heterocycles. The van der Waals surface area contributed by atoms with E-state index in [-0.39, 0.29) is 24.9 Å². The maximum atomic E-state index is 12.7. The number of anilines is 1. The van der Waals surface area contributed by atoms with E-state index in [0.717, 1.165) is 48.1 Å². The zero-order valence-electron chi connectivity index (χ0n) is 14.0. The van der Waals surface area contributed by atoms with Crippen LogP contribution in [0.25, 0.3) is 10.2 Å². The van der Waals surface area contributed by atoms with E-state index < -0.39 is 0 Å². The smallest absolute Gasteiger partial charge is 0.324 e. The topological polar surface area (TPSA) is 76.2 Å². The van der Waals surface area contributed by atoms with E-state index in [2.05, 4.69) is 10.2 Å². The normalized spacial score (nSPS) is 28.3. The number of hydrogen-bond donors (Lipinski definition) is 1. The Kier molecular flexibility index (Phi) is 3.14. The number of carbonyl (C=O) groups is 1. The van der Waals surface area contributed by atoms with Crippen LogP contribution in [0.3, 0.4) is 0 Å². The number of hydrogen-bond acceptors (Lipinski definition) is 7. The van der Waals surface area contributed by atoms with Gasteiger partial charge in [-0.15, -0.1) is 0 Å².